The summed E-state index contributed by atoms with van der Waals surface area (Å²) >= 11 is 3.60. The van der Waals surface area contributed by atoms with Gasteiger partial charge in [0.1, 0.15) is 17.0 Å². The number of aromatic nitrogens is 4. The summed E-state index contributed by atoms with van der Waals surface area (Å²) in [5, 5.41) is 12.3. The van der Waals surface area contributed by atoms with Crippen molar-refractivity contribution in [2.24, 2.45) is 5.92 Å². The molecule has 0 fully saturated rings. The average Bonchev–Trinajstić information content (AvgIpc) is 3.26. The van der Waals surface area contributed by atoms with Crippen LogP contribution in [0.5, 0.6) is 0 Å². The van der Waals surface area contributed by atoms with Crippen LogP contribution in [0.3, 0.4) is 0 Å². The molecule has 1 atom stereocenters. The summed E-state index contributed by atoms with van der Waals surface area (Å²) in [5.41, 5.74) is 2.45. The van der Waals surface area contributed by atoms with Crippen LogP contribution in [0.1, 0.15) is 34.5 Å². The molecule has 5 rings (SSSR count). The minimum absolute atomic E-state index is 0.745. The maximum Gasteiger partial charge on any atom is 0.172 e. The predicted octanol–water partition coefficient (Wildman–Crippen LogP) is 4.12. The van der Waals surface area contributed by atoms with Gasteiger partial charge in [0.2, 0.25) is 0 Å². The first-order valence-corrected chi connectivity index (χ1v) is 9.64. The summed E-state index contributed by atoms with van der Waals surface area (Å²) in [6.45, 7) is 2.34. The number of hydrogen-bond acceptors (Lipinski definition) is 5. The van der Waals surface area contributed by atoms with Crippen LogP contribution in [-0.4, -0.2) is 19.6 Å². The van der Waals surface area contributed by atoms with Gasteiger partial charge in [0.25, 0.3) is 0 Å². The van der Waals surface area contributed by atoms with Crippen molar-refractivity contribution in [3.05, 3.63) is 45.0 Å². The summed E-state index contributed by atoms with van der Waals surface area (Å²) in [5.74, 6) is 1.72. The summed E-state index contributed by atoms with van der Waals surface area (Å²) in [6, 6.07) is 4.22. The third kappa shape index (κ3) is 2.12. The van der Waals surface area contributed by atoms with Crippen molar-refractivity contribution in [3.63, 3.8) is 0 Å². The van der Waals surface area contributed by atoms with E-state index in [0.29, 0.717) is 0 Å². The van der Waals surface area contributed by atoms with Crippen LogP contribution in [0.2, 0.25) is 0 Å². The van der Waals surface area contributed by atoms with Crippen molar-refractivity contribution in [2.45, 2.75) is 32.6 Å². The van der Waals surface area contributed by atoms with Crippen LogP contribution in [0.15, 0.2) is 23.8 Å². The minimum atomic E-state index is 0.745. The molecule has 0 bridgehead atoms. The third-order valence-electron chi connectivity index (χ3n) is 4.68. The summed E-state index contributed by atoms with van der Waals surface area (Å²) in [4.78, 5) is 8.63. The van der Waals surface area contributed by atoms with E-state index in [1.807, 2.05) is 17.7 Å². The standard InChI is InChI=1S/C17H16N4S2/c1-10-4-5-13-12(7-10)15-16-20-19-14(8-11-3-2-6-22-11)21(16)9-18-17(15)23-13/h2-3,6,9-10H,4-5,7-8H2,1H3/t10-/m0/s1. The fourth-order valence-corrected chi connectivity index (χ4v) is 5.36. The highest BCUT2D eigenvalue weighted by Gasteiger charge is 2.23. The molecule has 6 heteroatoms. The monoisotopic (exact) mass is 340 g/mol. The molecule has 4 nitrogen and oxygen atoms in total. The lowest BCUT2D eigenvalue weighted by Crippen LogP contribution is -2.09. The molecule has 116 valence electrons. The van der Waals surface area contributed by atoms with Crippen molar-refractivity contribution < 1.29 is 0 Å². The van der Waals surface area contributed by atoms with Gasteiger partial charge in [0.15, 0.2) is 5.65 Å². The van der Waals surface area contributed by atoms with Crippen LogP contribution >= 0.6 is 22.7 Å². The SMILES string of the molecule is C[C@H]1CCc2sc3ncn4c(Cc5cccs5)nnc4c3c2C1. The normalized spacial score (nSPS) is 17.9. The number of aryl methyl sites for hydroxylation is 1. The van der Waals surface area contributed by atoms with Gasteiger partial charge in [-0.3, -0.25) is 4.40 Å². The van der Waals surface area contributed by atoms with E-state index in [-0.39, 0.29) is 0 Å². The van der Waals surface area contributed by atoms with Crippen LogP contribution in [0.4, 0.5) is 0 Å². The highest BCUT2D eigenvalue weighted by atomic mass is 32.1. The number of nitrogens with zero attached hydrogens (tertiary/aromatic N) is 4. The van der Waals surface area contributed by atoms with Gasteiger partial charge in [-0.15, -0.1) is 32.9 Å². The molecule has 0 radical (unpaired) electrons. The Bertz CT molecular complexity index is 997. The molecule has 0 unspecified atom stereocenters. The van der Waals surface area contributed by atoms with E-state index in [2.05, 4.69) is 39.0 Å². The summed E-state index contributed by atoms with van der Waals surface area (Å²) < 4.78 is 2.08. The Morgan fingerprint density at radius 3 is 3.17 bits per heavy atom. The molecule has 23 heavy (non-hydrogen) atoms. The van der Waals surface area contributed by atoms with E-state index in [1.165, 1.54) is 33.5 Å². The molecule has 0 saturated carbocycles. The molecule has 0 spiro atoms. The van der Waals surface area contributed by atoms with Crippen molar-refractivity contribution in [1.82, 2.24) is 19.6 Å². The van der Waals surface area contributed by atoms with E-state index in [1.54, 1.807) is 11.3 Å². The van der Waals surface area contributed by atoms with Gasteiger partial charge in [0, 0.05) is 16.2 Å². The third-order valence-corrected chi connectivity index (χ3v) is 6.76. The molecule has 1 aliphatic carbocycles. The zero-order valence-corrected chi connectivity index (χ0v) is 14.5. The maximum atomic E-state index is 4.71. The van der Waals surface area contributed by atoms with E-state index in [4.69, 9.17) is 4.98 Å². The van der Waals surface area contributed by atoms with E-state index in [0.717, 1.165) is 35.1 Å². The zero-order chi connectivity index (χ0) is 15.4. The van der Waals surface area contributed by atoms with Crippen molar-refractivity contribution in [3.8, 4) is 0 Å². The number of thiophene rings is 2. The maximum absolute atomic E-state index is 4.71. The van der Waals surface area contributed by atoms with Crippen LogP contribution in [-0.2, 0) is 19.3 Å². The number of fused-ring (bicyclic) bond motifs is 5. The van der Waals surface area contributed by atoms with Crippen LogP contribution in [0.25, 0.3) is 15.9 Å². The molecule has 0 amide bonds. The Morgan fingerprint density at radius 1 is 1.35 bits per heavy atom. The Morgan fingerprint density at radius 2 is 2.30 bits per heavy atom. The quantitative estimate of drug-likeness (QED) is 0.551. The van der Waals surface area contributed by atoms with Gasteiger partial charge in [0.05, 0.1) is 5.39 Å². The molecule has 0 N–H and O–H groups in total. The van der Waals surface area contributed by atoms with Crippen LogP contribution in [0, 0.1) is 5.92 Å². The van der Waals surface area contributed by atoms with Gasteiger partial charge in [-0.2, -0.15) is 0 Å². The number of hydrogen-bond donors (Lipinski definition) is 0. The first kappa shape index (κ1) is 13.6. The van der Waals surface area contributed by atoms with Crippen LogP contribution < -0.4 is 0 Å². The molecule has 0 aromatic carbocycles. The van der Waals surface area contributed by atoms with Crippen molar-refractivity contribution in [2.75, 3.05) is 0 Å². The second-order valence-corrected chi connectivity index (χ2v) is 8.46. The van der Waals surface area contributed by atoms with Gasteiger partial charge in [-0.25, -0.2) is 4.98 Å². The lowest BCUT2D eigenvalue weighted by molar-refractivity contribution is 0.508. The molecular formula is C17H16N4S2. The smallest absolute Gasteiger partial charge is 0.172 e. The van der Waals surface area contributed by atoms with Gasteiger partial charge >= 0.3 is 0 Å². The summed E-state index contributed by atoms with van der Waals surface area (Å²) in [6.07, 6.45) is 6.32. The molecule has 0 aliphatic heterocycles. The summed E-state index contributed by atoms with van der Waals surface area (Å²) in [7, 11) is 0. The molecule has 4 aromatic heterocycles. The lowest BCUT2D eigenvalue weighted by atomic mass is 9.89. The molecule has 4 heterocycles. The average molecular weight is 340 g/mol. The molecular weight excluding hydrogens is 324 g/mol. The van der Waals surface area contributed by atoms with Gasteiger partial charge < -0.3 is 0 Å². The molecule has 0 saturated heterocycles. The van der Waals surface area contributed by atoms with Gasteiger partial charge in [-0.1, -0.05) is 13.0 Å². The fourth-order valence-electron chi connectivity index (χ4n) is 3.48. The minimum Gasteiger partial charge on any atom is -0.268 e. The lowest BCUT2D eigenvalue weighted by Gasteiger charge is -2.17. The van der Waals surface area contributed by atoms with E-state index in [9.17, 15) is 0 Å². The largest absolute Gasteiger partial charge is 0.268 e. The fraction of sp³-hybridized carbons (Fsp3) is 0.353. The highest BCUT2D eigenvalue weighted by Crippen LogP contribution is 2.38. The Labute approximate surface area is 141 Å². The van der Waals surface area contributed by atoms with Crippen molar-refractivity contribution in [1.29, 1.82) is 0 Å². The molecule has 4 aromatic rings. The highest BCUT2D eigenvalue weighted by molar-refractivity contribution is 7.19. The van der Waals surface area contributed by atoms with Crippen molar-refractivity contribution >= 4 is 38.5 Å². The Kier molecular flexibility index (Phi) is 3.03. The number of rotatable bonds is 2. The first-order valence-electron chi connectivity index (χ1n) is 7.95. The predicted molar refractivity (Wildman–Crippen MR) is 94.5 cm³/mol. The first-order chi connectivity index (χ1) is 11.3. The second kappa shape index (κ2) is 5.11. The second-order valence-electron chi connectivity index (χ2n) is 6.34. The van der Waals surface area contributed by atoms with E-state index >= 15 is 0 Å². The van der Waals surface area contributed by atoms with E-state index < -0.39 is 0 Å². The topological polar surface area (TPSA) is 43.1 Å². The Hall–Kier alpha value is -1.79. The molecule has 1 aliphatic rings. The Balaban J connectivity index is 1.71. The van der Waals surface area contributed by atoms with Gasteiger partial charge in [-0.05, 0) is 42.2 Å². The zero-order valence-electron chi connectivity index (χ0n) is 12.8.